The molecule has 0 fully saturated rings. The van der Waals surface area contributed by atoms with Gasteiger partial charge in [0.2, 0.25) is 0 Å². The van der Waals surface area contributed by atoms with E-state index in [2.05, 4.69) is 86.4 Å². The molecule has 0 unspecified atom stereocenters. The van der Waals surface area contributed by atoms with Gasteiger partial charge in [0.15, 0.2) is 5.90 Å². The van der Waals surface area contributed by atoms with Crippen LogP contribution in [0.4, 0.5) is 0 Å². The Hall–Kier alpha value is -1.91. The van der Waals surface area contributed by atoms with E-state index >= 15 is 0 Å². The molecule has 0 spiro atoms. The molecule has 1 heterocycles. The van der Waals surface area contributed by atoms with Crippen molar-refractivity contribution in [2.24, 2.45) is 4.99 Å². The first-order valence-electron chi connectivity index (χ1n) is 9.33. The second kappa shape index (κ2) is 7.76. The molecule has 1 atom stereocenters. The second-order valence-corrected chi connectivity index (χ2v) is 12.2. The summed E-state index contributed by atoms with van der Waals surface area (Å²) in [5, 5.41) is 2.63. The quantitative estimate of drug-likeness (QED) is 0.753. The maximum atomic E-state index is 6.92. The van der Waals surface area contributed by atoms with Crippen molar-refractivity contribution >= 4 is 24.6 Å². The van der Waals surface area contributed by atoms with Crippen molar-refractivity contribution in [3.63, 3.8) is 0 Å². The average molecular weight is 368 g/mol. The molecule has 0 aliphatic carbocycles. The Kier molecular flexibility index (Phi) is 5.63. The van der Waals surface area contributed by atoms with E-state index in [1.54, 1.807) is 7.11 Å². The van der Waals surface area contributed by atoms with E-state index in [9.17, 15) is 0 Å². The van der Waals surface area contributed by atoms with E-state index < -0.39 is 8.32 Å². The molecule has 138 valence electrons. The number of nitrogens with zero attached hydrogens (tertiary/aromatic N) is 1. The van der Waals surface area contributed by atoms with Crippen molar-refractivity contribution < 1.29 is 9.16 Å². The third-order valence-corrected chi connectivity index (χ3v) is 10.2. The highest BCUT2D eigenvalue weighted by Crippen LogP contribution is 2.37. The van der Waals surface area contributed by atoms with Gasteiger partial charge in [0.25, 0.3) is 8.32 Å². The van der Waals surface area contributed by atoms with Crippen LogP contribution in [0.3, 0.4) is 0 Å². The summed E-state index contributed by atoms with van der Waals surface area (Å²) in [6, 6.07) is 21.7. The zero-order valence-electron chi connectivity index (χ0n) is 16.2. The summed E-state index contributed by atoms with van der Waals surface area (Å²) in [6.07, 6.45) is 1.91. The molecule has 0 saturated carbocycles. The van der Waals surface area contributed by atoms with E-state index in [0.29, 0.717) is 6.61 Å². The number of aliphatic imine (C=N–C) groups is 1. The SMILES string of the molecule is COC1=N[C@H](CO[Si](c2ccccc2)(c2ccccc2)C(C)(C)C)CC1. The first-order valence-corrected chi connectivity index (χ1v) is 11.2. The first kappa shape index (κ1) is 18.9. The molecule has 0 radical (unpaired) electrons. The van der Waals surface area contributed by atoms with Crippen molar-refractivity contribution in [1.29, 1.82) is 0 Å². The largest absolute Gasteiger partial charge is 0.484 e. The van der Waals surface area contributed by atoms with Gasteiger partial charge < -0.3 is 9.16 Å². The molecule has 2 aromatic carbocycles. The minimum Gasteiger partial charge on any atom is -0.484 e. The molecule has 0 N–H and O–H groups in total. The molecule has 0 bridgehead atoms. The zero-order chi connectivity index (χ0) is 18.6. The predicted octanol–water partition coefficient (Wildman–Crippen LogP) is 3.77. The maximum absolute atomic E-state index is 6.92. The van der Waals surface area contributed by atoms with Gasteiger partial charge in [-0.15, -0.1) is 0 Å². The molecular formula is C22H29NO2Si. The van der Waals surface area contributed by atoms with Gasteiger partial charge in [-0.25, -0.2) is 4.99 Å². The van der Waals surface area contributed by atoms with Crippen LogP contribution in [0.2, 0.25) is 5.04 Å². The molecule has 2 aromatic rings. The molecule has 1 aliphatic heterocycles. The molecular weight excluding hydrogens is 338 g/mol. The highest BCUT2D eigenvalue weighted by molar-refractivity contribution is 6.99. The molecule has 0 saturated heterocycles. The summed E-state index contributed by atoms with van der Waals surface area (Å²) < 4.78 is 12.2. The van der Waals surface area contributed by atoms with E-state index in [0.717, 1.165) is 18.7 Å². The number of rotatable bonds is 5. The lowest BCUT2D eigenvalue weighted by atomic mass is 10.2. The fourth-order valence-electron chi connectivity index (χ4n) is 3.88. The van der Waals surface area contributed by atoms with Gasteiger partial charge in [-0.2, -0.15) is 0 Å². The van der Waals surface area contributed by atoms with Crippen LogP contribution in [-0.4, -0.2) is 34.0 Å². The molecule has 26 heavy (non-hydrogen) atoms. The Morgan fingerprint density at radius 2 is 1.50 bits per heavy atom. The van der Waals surface area contributed by atoms with Crippen LogP contribution >= 0.6 is 0 Å². The van der Waals surface area contributed by atoms with Crippen LogP contribution in [0.15, 0.2) is 65.7 Å². The highest BCUT2D eigenvalue weighted by Gasteiger charge is 2.50. The Bertz CT molecular complexity index is 698. The maximum Gasteiger partial charge on any atom is 0.261 e. The Labute approximate surface area is 158 Å². The predicted molar refractivity (Wildman–Crippen MR) is 111 cm³/mol. The Morgan fingerprint density at radius 3 is 1.92 bits per heavy atom. The number of methoxy groups -OCH3 is 1. The summed E-state index contributed by atoms with van der Waals surface area (Å²) in [5.74, 6) is 0.848. The normalized spacial score (nSPS) is 17.8. The third-order valence-electron chi connectivity index (χ3n) is 5.16. The minimum absolute atomic E-state index is 0.00209. The summed E-state index contributed by atoms with van der Waals surface area (Å²) in [7, 11) is -0.761. The monoisotopic (exact) mass is 367 g/mol. The van der Waals surface area contributed by atoms with Crippen LogP contribution < -0.4 is 10.4 Å². The van der Waals surface area contributed by atoms with Crippen LogP contribution in [0.5, 0.6) is 0 Å². The van der Waals surface area contributed by atoms with Crippen molar-refractivity contribution in [1.82, 2.24) is 0 Å². The topological polar surface area (TPSA) is 30.8 Å². The summed E-state index contributed by atoms with van der Waals surface area (Å²) >= 11 is 0. The molecule has 3 rings (SSSR count). The van der Waals surface area contributed by atoms with Gasteiger partial charge in [-0.3, -0.25) is 0 Å². The lowest BCUT2D eigenvalue weighted by Crippen LogP contribution is -2.67. The summed E-state index contributed by atoms with van der Waals surface area (Å²) in [6.45, 7) is 7.55. The van der Waals surface area contributed by atoms with Gasteiger partial charge in [-0.1, -0.05) is 81.4 Å². The zero-order valence-corrected chi connectivity index (χ0v) is 17.2. The minimum atomic E-state index is -2.46. The number of hydrogen-bond acceptors (Lipinski definition) is 3. The van der Waals surface area contributed by atoms with Crippen LogP contribution in [-0.2, 0) is 9.16 Å². The Balaban J connectivity index is 2.02. The molecule has 4 heteroatoms. The molecule has 0 aromatic heterocycles. The standard InChI is InChI=1S/C22H29NO2Si/c1-22(2,3)26(19-11-7-5-8-12-19,20-13-9-6-10-14-20)25-17-18-15-16-21(23-18)24-4/h5-14,18H,15-17H2,1-4H3/t18-/m0/s1. The summed E-state index contributed by atoms with van der Waals surface area (Å²) in [4.78, 5) is 4.67. The van der Waals surface area contributed by atoms with Crippen LogP contribution in [0.25, 0.3) is 0 Å². The molecule has 1 aliphatic rings. The molecule has 3 nitrogen and oxygen atoms in total. The average Bonchev–Trinajstić information content (AvgIpc) is 3.11. The van der Waals surface area contributed by atoms with Gasteiger partial charge in [-0.05, 0) is 21.8 Å². The highest BCUT2D eigenvalue weighted by atomic mass is 28.4. The van der Waals surface area contributed by atoms with Crippen molar-refractivity contribution in [3.8, 4) is 0 Å². The lowest BCUT2D eigenvalue weighted by Gasteiger charge is -2.43. The second-order valence-electron chi connectivity index (χ2n) is 7.89. The van der Waals surface area contributed by atoms with E-state index in [4.69, 9.17) is 9.16 Å². The smallest absolute Gasteiger partial charge is 0.261 e. The first-order chi connectivity index (χ1) is 12.5. The fraction of sp³-hybridized carbons (Fsp3) is 0.409. The summed E-state index contributed by atoms with van der Waals surface area (Å²) in [5.41, 5.74) is 0. The molecule has 0 amide bonds. The number of hydrogen-bond donors (Lipinski definition) is 0. The van der Waals surface area contributed by atoms with Crippen molar-refractivity contribution in [2.45, 2.75) is 44.7 Å². The third kappa shape index (κ3) is 3.62. The van der Waals surface area contributed by atoms with E-state index in [-0.39, 0.29) is 11.1 Å². The van der Waals surface area contributed by atoms with Crippen molar-refractivity contribution in [2.75, 3.05) is 13.7 Å². The lowest BCUT2D eigenvalue weighted by molar-refractivity contribution is 0.272. The van der Waals surface area contributed by atoms with Crippen molar-refractivity contribution in [3.05, 3.63) is 60.7 Å². The van der Waals surface area contributed by atoms with Gasteiger partial charge in [0.05, 0.1) is 19.8 Å². The number of ether oxygens (including phenoxy) is 1. The van der Waals surface area contributed by atoms with Gasteiger partial charge in [0.1, 0.15) is 0 Å². The fourth-order valence-corrected chi connectivity index (χ4v) is 8.48. The van der Waals surface area contributed by atoms with E-state index in [1.807, 2.05) is 0 Å². The van der Waals surface area contributed by atoms with Crippen LogP contribution in [0, 0.1) is 0 Å². The van der Waals surface area contributed by atoms with Crippen LogP contribution in [0.1, 0.15) is 33.6 Å². The number of benzene rings is 2. The Morgan fingerprint density at radius 1 is 0.962 bits per heavy atom. The van der Waals surface area contributed by atoms with Gasteiger partial charge >= 0.3 is 0 Å². The van der Waals surface area contributed by atoms with E-state index in [1.165, 1.54) is 10.4 Å². The van der Waals surface area contributed by atoms with Gasteiger partial charge in [0, 0.05) is 6.42 Å².